The molecule has 1 aliphatic rings. The van der Waals surface area contributed by atoms with Gasteiger partial charge in [-0.05, 0) is 17.0 Å². The number of rotatable bonds is 11. The zero-order valence-corrected chi connectivity index (χ0v) is 21.3. The lowest BCUT2D eigenvalue weighted by molar-refractivity contribution is -0.331. The smallest absolute Gasteiger partial charge is 0.321 e. The van der Waals surface area contributed by atoms with Crippen LogP contribution in [0.1, 0.15) is 18.1 Å². The zero-order chi connectivity index (χ0) is 28.6. The van der Waals surface area contributed by atoms with E-state index < -0.39 is 66.5 Å². The molecule has 12 nitrogen and oxygen atoms in total. The topological polar surface area (TPSA) is 192 Å². The van der Waals surface area contributed by atoms with E-state index in [0.717, 1.165) is 0 Å². The molecule has 0 spiro atoms. The van der Waals surface area contributed by atoms with Crippen LogP contribution in [0.2, 0.25) is 0 Å². The average Bonchev–Trinajstić information content (AvgIpc) is 2.95. The fourth-order valence-corrected chi connectivity index (χ4v) is 4.04. The summed E-state index contributed by atoms with van der Waals surface area (Å²) in [5, 5.41) is 52.3. The molecule has 1 fully saturated rings. The Bertz CT molecular complexity index is 1040. The van der Waals surface area contributed by atoms with E-state index in [2.05, 4.69) is 5.32 Å². The van der Waals surface area contributed by atoms with E-state index in [1.54, 1.807) is 60.7 Å². The van der Waals surface area contributed by atoms with Crippen LogP contribution in [0.15, 0.2) is 60.7 Å². The van der Waals surface area contributed by atoms with Crippen LogP contribution in [-0.4, -0.2) is 86.7 Å². The van der Waals surface area contributed by atoms with E-state index in [0.29, 0.717) is 11.1 Å². The van der Waals surface area contributed by atoms with Crippen LogP contribution in [0.5, 0.6) is 0 Å². The molecule has 212 valence electrons. The predicted octanol–water partition coefficient (Wildman–Crippen LogP) is -0.996. The van der Waals surface area contributed by atoms with Crippen molar-refractivity contribution in [2.45, 2.75) is 50.3 Å². The summed E-state index contributed by atoms with van der Waals surface area (Å²) in [4.78, 5) is 38.8. The van der Waals surface area contributed by atoms with Gasteiger partial charge in [-0.1, -0.05) is 67.6 Å². The highest BCUT2D eigenvalue weighted by Crippen LogP contribution is 2.29. The molecule has 6 N–H and O–H groups in total. The highest BCUT2D eigenvalue weighted by Gasteiger charge is 2.57. The second kappa shape index (κ2) is 13.6. The number of esters is 2. The third kappa shape index (κ3) is 7.38. The van der Waals surface area contributed by atoms with Crippen molar-refractivity contribution in [3.8, 4) is 0 Å². The minimum Gasteiger partial charge on any atom is -0.460 e. The van der Waals surface area contributed by atoms with Crippen LogP contribution < -0.4 is 5.32 Å². The van der Waals surface area contributed by atoms with Crippen molar-refractivity contribution in [1.29, 1.82) is 0 Å². The van der Waals surface area contributed by atoms with Gasteiger partial charge in [0, 0.05) is 6.54 Å². The van der Waals surface area contributed by atoms with Gasteiger partial charge in [0.15, 0.2) is 5.92 Å². The Hall–Kier alpha value is -3.39. The molecule has 0 radical (unpaired) electrons. The number of carbonyl (C=O) groups excluding carboxylic acids is 3. The maximum Gasteiger partial charge on any atom is 0.321 e. The number of hydrogen-bond donors (Lipinski definition) is 6. The Morgan fingerprint density at radius 1 is 0.897 bits per heavy atom. The summed E-state index contributed by atoms with van der Waals surface area (Å²) in [6, 6.07) is 17.6. The SMILES string of the molecule is CC(CNC(=O)C1(O)O[C@H](CO)[C@@H](O)[C@H](O)[C@H]1O)C(C(=O)OCc1ccccc1)C(=O)OCc1ccccc1. The van der Waals surface area contributed by atoms with Crippen LogP contribution in [-0.2, 0) is 41.8 Å². The summed E-state index contributed by atoms with van der Waals surface area (Å²) in [6.45, 7) is 0.00803. The van der Waals surface area contributed by atoms with Gasteiger partial charge in [-0.25, -0.2) is 0 Å². The van der Waals surface area contributed by atoms with E-state index in [1.807, 2.05) is 0 Å². The van der Waals surface area contributed by atoms with E-state index in [1.165, 1.54) is 6.92 Å². The number of benzene rings is 2. The highest BCUT2D eigenvalue weighted by atomic mass is 16.7. The number of nitrogens with one attached hydrogen (secondary N) is 1. The third-order valence-electron chi connectivity index (χ3n) is 6.40. The van der Waals surface area contributed by atoms with Gasteiger partial charge in [0.1, 0.15) is 37.6 Å². The summed E-state index contributed by atoms with van der Waals surface area (Å²) in [6.07, 6.45) is -7.59. The van der Waals surface area contributed by atoms with Crippen molar-refractivity contribution in [3.63, 3.8) is 0 Å². The lowest BCUT2D eigenvalue weighted by Gasteiger charge is -2.44. The van der Waals surface area contributed by atoms with Gasteiger partial charge in [0.25, 0.3) is 11.7 Å². The number of hydrogen-bond acceptors (Lipinski definition) is 11. The van der Waals surface area contributed by atoms with Crippen LogP contribution in [0.3, 0.4) is 0 Å². The van der Waals surface area contributed by atoms with E-state index in [9.17, 15) is 39.9 Å². The fraction of sp³-hybridized carbons (Fsp3) is 0.444. The molecule has 1 amide bonds. The lowest BCUT2D eigenvalue weighted by atomic mass is 9.91. The maximum absolute atomic E-state index is 13.0. The Labute approximate surface area is 224 Å². The second-order valence-electron chi connectivity index (χ2n) is 9.31. The van der Waals surface area contributed by atoms with Crippen LogP contribution in [0, 0.1) is 11.8 Å². The molecule has 39 heavy (non-hydrogen) atoms. The molecule has 0 aromatic heterocycles. The molecule has 12 heteroatoms. The van der Waals surface area contributed by atoms with Crippen LogP contribution in [0.4, 0.5) is 0 Å². The summed E-state index contributed by atoms with van der Waals surface area (Å²) in [5.74, 6) is -8.53. The third-order valence-corrected chi connectivity index (χ3v) is 6.40. The van der Waals surface area contributed by atoms with Crippen LogP contribution in [0.25, 0.3) is 0 Å². The molecule has 2 unspecified atom stereocenters. The monoisotopic (exact) mass is 547 g/mol. The van der Waals surface area contributed by atoms with E-state index in [-0.39, 0.29) is 19.8 Å². The van der Waals surface area contributed by atoms with Gasteiger partial charge in [-0.3, -0.25) is 14.4 Å². The Balaban J connectivity index is 1.70. The van der Waals surface area contributed by atoms with Crippen molar-refractivity contribution in [2.75, 3.05) is 13.2 Å². The van der Waals surface area contributed by atoms with Gasteiger partial charge >= 0.3 is 11.9 Å². The highest BCUT2D eigenvalue weighted by molar-refractivity contribution is 5.95. The predicted molar refractivity (Wildman–Crippen MR) is 133 cm³/mol. The van der Waals surface area contributed by atoms with Gasteiger partial charge < -0.3 is 45.1 Å². The standard InChI is InChI=1S/C27H33NO11/c1-16(12-28-26(35)27(36)23(32)22(31)21(30)19(13-29)39-27)20(24(33)37-14-17-8-4-2-5-9-17)25(34)38-15-18-10-6-3-7-11-18/h2-11,16,19-23,29-32,36H,12-15H2,1H3,(H,28,35)/t16?,19-,21-,22+,23-,27?/m1/s1. The van der Waals surface area contributed by atoms with Crippen LogP contribution >= 0.6 is 0 Å². The van der Waals surface area contributed by atoms with Crippen molar-refractivity contribution in [3.05, 3.63) is 71.8 Å². The number of carbonyl (C=O) groups is 3. The molecule has 1 aliphatic heterocycles. The quantitative estimate of drug-likeness (QED) is 0.149. The van der Waals surface area contributed by atoms with Crippen molar-refractivity contribution >= 4 is 17.8 Å². The Morgan fingerprint density at radius 2 is 1.38 bits per heavy atom. The number of amides is 1. The second-order valence-corrected chi connectivity index (χ2v) is 9.31. The number of ether oxygens (including phenoxy) is 3. The van der Waals surface area contributed by atoms with E-state index >= 15 is 0 Å². The van der Waals surface area contributed by atoms with Crippen molar-refractivity contribution in [2.24, 2.45) is 11.8 Å². The lowest BCUT2D eigenvalue weighted by Crippen LogP contribution is -2.70. The van der Waals surface area contributed by atoms with Gasteiger partial charge in [0.2, 0.25) is 0 Å². The van der Waals surface area contributed by atoms with Crippen molar-refractivity contribution in [1.82, 2.24) is 5.32 Å². The Morgan fingerprint density at radius 3 is 1.85 bits per heavy atom. The summed E-state index contributed by atoms with van der Waals surface area (Å²) < 4.78 is 15.7. The largest absolute Gasteiger partial charge is 0.460 e. The first-order chi connectivity index (χ1) is 18.6. The molecular formula is C27H33NO11. The summed E-state index contributed by atoms with van der Waals surface area (Å²) >= 11 is 0. The molecule has 2 aromatic carbocycles. The fourth-order valence-electron chi connectivity index (χ4n) is 4.04. The van der Waals surface area contributed by atoms with Crippen molar-refractivity contribution < 1.29 is 54.1 Å². The zero-order valence-electron chi connectivity index (χ0n) is 21.3. The molecule has 0 aliphatic carbocycles. The molecule has 1 saturated heterocycles. The summed E-state index contributed by atoms with van der Waals surface area (Å²) in [5.41, 5.74) is 1.38. The minimum atomic E-state index is -3.02. The summed E-state index contributed by atoms with van der Waals surface area (Å²) in [7, 11) is 0. The molecular weight excluding hydrogens is 514 g/mol. The first kappa shape index (κ1) is 30.2. The molecule has 3 rings (SSSR count). The van der Waals surface area contributed by atoms with Gasteiger partial charge in [0.05, 0.1) is 6.61 Å². The molecule has 2 aromatic rings. The van der Waals surface area contributed by atoms with E-state index in [4.69, 9.17) is 14.2 Å². The normalized spacial score (nSPS) is 25.5. The molecule has 1 heterocycles. The van der Waals surface area contributed by atoms with Gasteiger partial charge in [-0.15, -0.1) is 0 Å². The van der Waals surface area contributed by atoms with Gasteiger partial charge in [-0.2, -0.15) is 0 Å². The molecule has 0 saturated carbocycles. The number of aliphatic hydroxyl groups is 5. The number of aliphatic hydroxyl groups excluding tert-OH is 4. The molecule has 6 atom stereocenters. The maximum atomic E-state index is 13.0. The molecule has 0 bridgehead atoms. The first-order valence-electron chi connectivity index (χ1n) is 12.3. The average molecular weight is 548 g/mol. The minimum absolute atomic E-state index is 0.107. The Kier molecular flexibility index (Phi) is 10.5. The first-order valence-corrected chi connectivity index (χ1v) is 12.3.